The van der Waals surface area contributed by atoms with Gasteiger partial charge in [0.15, 0.2) is 0 Å². The van der Waals surface area contributed by atoms with Crippen molar-refractivity contribution in [2.24, 2.45) is 0 Å². The monoisotopic (exact) mass is 272 g/mol. The van der Waals surface area contributed by atoms with Gasteiger partial charge in [-0.05, 0) is 38.1 Å². The predicted octanol–water partition coefficient (Wildman–Crippen LogP) is 3.39. The van der Waals surface area contributed by atoms with Crippen LogP contribution in [0.4, 0.5) is 0 Å². The molecule has 0 aliphatic heterocycles. The topological polar surface area (TPSA) is 74.6 Å². The number of carboxylic acid groups (broad SMARTS) is 2. The molecule has 2 aromatic carbocycles. The molecule has 0 heterocycles. The van der Waals surface area contributed by atoms with Crippen LogP contribution < -0.4 is 0 Å². The van der Waals surface area contributed by atoms with Gasteiger partial charge >= 0.3 is 11.9 Å². The molecule has 4 nitrogen and oxygen atoms in total. The molecular formula is C16H16O4. The molecule has 0 bridgehead atoms. The van der Waals surface area contributed by atoms with Crippen LogP contribution in [0.5, 0.6) is 0 Å². The lowest BCUT2D eigenvalue weighted by atomic mass is 10.1. The quantitative estimate of drug-likeness (QED) is 0.878. The fraction of sp³-hybridized carbons (Fsp3) is 0.125. The molecule has 0 aliphatic carbocycles. The molecule has 0 aromatic heterocycles. The SMILES string of the molecule is Cc1cccc(C(=O)O)c1.Cc1cccc(C(=O)O)c1. The van der Waals surface area contributed by atoms with Crippen LogP contribution in [0.15, 0.2) is 48.5 Å². The second kappa shape index (κ2) is 7.09. The van der Waals surface area contributed by atoms with E-state index in [1.807, 2.05) is 26.0 Å². The highest BCUT2D eigenvalue weighted by atomic mass is 16.4. The van der Waals surface area contributed by atoms with Gasteiger partial charge in [-0.15, -0.1) is 0 Å². The zero-order valence-corrected chi connectivity index (χ0v) is 11.3. The maximum Gasteiger partial charge on any atom is 0.335 e. The third-order valence-corrected chi connectivity index (χ3v) is 2.53. The van der Waals surface area contributed by atoms with E-state index in [2.05, 4.69) is 0 Å². The molecule has 0 aliphatic rings. The van der Waals surface area contributed by atoms with Gasteiger partial charge in [0.2, 0.25) is 0 Å². The summed E-state index contributed by atoms with van der Waals surface area (Å²) in [5, 5.41) is 17.0. The lowest BCUT2D eigenvalue weighted by molar-refractivity contribution is 0.0686. The van der Waals surface area contributed by atoms with Gasteiger partial charge in [0, 0.05) is 0 Å². The third-order valence-electron chi connectivity index (χ3n) is 2.53. The first-order valence-corrected chi connectivity index (χ1v) is 6.00. The lowest BCUT2D eigenvalue weighted by Crippen LogP contribution is -1.95. The van der Waals surface area contributed by atoms with Crippen LogP contribution in [0, 0.1) is 13.8 Å². The standard InChI is InChI=1S/2C8H8O2/c2*1-6-3-2-4-7(5-6)8(9)10/h2*2-5H,1H3,(H,9,10). The summed E-state index contributed by atoms with van der Waals surface area (Å²) in [7, 11) is 0. The number of carbonyl (C=O) groups is 2. The molecule has 2 aromatic rings. The highest BCUT2D eigenvalue weighted by molar-refractivity contribution is 5.88. The molecule has 2 N–H and O–H groups in total. The Morgan fingerprint density at radius 1 is 0.750 bits per heavy atom. The van der Waals surface area contributed by atoms with E-state index in [0.717, 1.165) is 11.1 Å². The first kappa shape index (κ1) is 15.4. The van der Waals surface area contributed by atoms with Crippen LogP contribution in [0.1, 0.15) is 31.8 Å². The molecule has 20 heavy (non-hydrogen) atoms. The number of benzene rings is 2. The number of hydrogen-bond acceptors (Lipinski definition) is 2. The van der Waals surface area contributed by atoms with E-state index in [4.69, 9.17) is 10.2 Å². The van der Waals surface area contributed by atoms with Crippen molar-refractivity contribution in [2.75, 3.05) is 0 Å². The number of carboxylic acids is 2. The van der Waals surface area contributed by atoms with Crippen LogP contribution in [-0.4, -0.2) is 22.2 Å². The van der Waals surface area contributed by atoms with Gasteiger partial charge in [-0.25, -0.2) is 9.59 Å². The molecule has 0 fully saturated rings. The second-order valence-electron chi connectivity index (χ2n) is 4.35. The Morgan fingerprint density at radius 2 is 1.10 bits per heavy atom. The van der Waals surface area contributed by atoms with Crippen molar-refractivity contribution in [3.05, 3.63) is 70.8 Å². The van der Waals surface area contributed by atoms with Crippen LogP contribution in [-0.2, 0) is 0 Å². The number of aryl methyl sites for hydroxylation is 2. The highest BCUT2D eigenvalue weighted by Gasteiger charge is 2.00. The van der Waals surface area contributed by atoms with Gasteiger partial charge in [-0.1, -0.05) is 35.4 Å². The Balaban J connectivity index is 0.000000200. The van der Waals surface area contributed by atoms with Crippen LogP contribution in [0.2, 0.25) is 0 Å². The summed E-state index contributed by atoms with van der Waals surface area (Å²) in [6.45, 7) is 3.74. The lowest BCUT2D eigenvalue weighted by Gasteiger charge is -1.93. The van der Waals surface area contributed by atoms with Gasteiger partial charge in [-0.3, -0.25) is 0 Å². The first-order chi connectivity index (χ1) is 9.40. The van der Waals surface area contributed by atoms with Gasteiger partial charge < -0.3 is 10.2 Å². The predicted molar refractivity (Wildman–Crippen MR) is 76.3 cm³/mol. The highest BCUT2D eigenvalue weighted by Crippen LogP contribution is 2.03. The smallest absolute Gasteiger partial charge is 0.335 e. The van der Waals surface area contributed by atoms with E-state index in [9.17, 15) is 9.59 Å². The average Bonchev–Trinajstić information content (AvgIpc) is 2.39. The molecule has 104 valence electrons. The minimum atomic E-state index is -0.872. The van der Waals surface area contributed by atoms with E-state index in [1.165, 1.54) is 0 Å². The molecule has 4 heteroatoms. The average molecular weight is 272 g/mol. The van der Waals surface area contributed by atoms with E-state index in [-0.39, 0.29) is 0 Å². The fourth-order valence-electron chi connectivity index (χ4n) is 1.56. The molecule has 0 radical (unpaired) electrons. The number of aromatic carboxylic acids is 2. The summed E-state index contributed by atoms with van der Waals surface area (Å²) in [4.78, 5) is 20.7. The molecule has 0 saturated heterocycles. The largest absolute Gasteiger partial charge is 0.478 e. The molecule has 0 amide bonds. The molecule has 0 atom stereocenters. The van der Waals surface area contributed by atoms with Crippen molar-refractivity contribution in [1.29, 1.82) is 0 Å². The van der Waals surface area contributed by atoms with E-state index in [0.29, 0.717) is 11.1 Å². The number of rotatable bonds is 2. The Kier molecular flexibility index (Phi) is 5.47. The van der Waals surface area contributed by atoms with Crippen LogP contribution in [0.3, 0.4) is 0 Å². The van der Waals surface area contributed by atoms with Crippen LogP contribution in [0.25, 0.3) is 0 Å². The zero-order chi connectivity index (χ0) is 15.1. The Hall–Kier alpha value is -2.62. The van der Waals surface area contributed by atoms with Gasteiger partial charge in [0.25, 0.3) is 0 Å². The van der Waals surface area contributed by atoms with E-state index in [1.54, 1.807) is 36.4 Å². The van der Waals surface area contributed by atoms with Crippen molar-refractivity contribution in [2.45, 2.75) is 13.8 Å². The Bertz CT molecular complexity index is 562. The maximum absolute atomic E-state index is 10.4. The molecule has 0 unspecified atom stereocenters. The van der Waals surface area contributed by atoms with Crippen molar-refractivity contribution in [3.63, 3.8) is 0 Å². The van der Waals surface area contributed by atoms with Crippen LogP contribution >= 0.6 is 0 Å². The Morgan fingerprint density at radius 3 is 1.30 bits per heavy atom. The summed E-state index contributed by atoms with van der Waals surface area (Å²) in [6, 6.07) is 13.6. The van der Waals surface area contributed by atoms with Gasteiger partial charge in [-0.2, -0.15) is 0 Å². The number of hydrogen-bond donors (Lipinski definition) is 2. The maximum atomic E-state index is 10.4. The van der Waals surface area contributed by atoms with Crippen molar-refractivity contribution in [1.82, 2.24) is 0 Å². The molecule has 0 spiro atoms. The summed E-state index contributed by atoms with van der Waals surface area (Å²) in [6.07, 6.45) is 0. The van der Waals surface area contributed by atoms with Gasteiger partial charge in [0.1, 0.15) is 0 Å². The third kappa shape index (κ3) is 4.94. The normalized spacial score (nSPS) is 9.30. The van der Waals surface area contributed by atoms with E-state index >= 15 is 0 Å². The zero-order valence-electron chi connectivity index (χ0n) is 11.3. The molecule has 0 saturated carbocycles. The summed E-state index contributed by atoms with van der Waals surface area (Å²) >= 11 is 0. The van der Waals surface area contributed by atoms with Gasteiger partial charge in [0.05, 0.1) is 11.1 Å². The van der Waals surface area contributed by atoms with Crippen molar-refractivity contribution >= 4 is 11.9 Å². The first-order valence-electron chi connectivity index (χ1n) is 6.00. The summed E-state index contributed by atoms with van der Waals surface area (Å²) in [5.41, 5.74) is 2.64. The summed E-state index contributed by atoms with van der Waals surface area (Å²) < 4.78 is 0. The fourth-order valence-corrected chi connectivity index (χ4v) is 1.56. The van der Waals surface area contributed by atoms with Crippen molar-refractivity contribution in [3.8, 4) is 0 Å². The molecule has 2 rings (SSSR count). The minimum Gasteiger partial charge on any atom is -0.478 e. The molecular weight excluding hydrogens is 256 g/mol. The Labute approximate surface area is 117 Å². The minimum absolute atomic E-state index is 0.347. The van der Waals surface area contributed by atoms with Crippen molar-refractivity contribution < 1.29 is 19.8 Å². The van der Waals surface area contributed by atoms with E-state index < -0.39 is 11.9 Å². The second-order valence-corrected chi connectivity index (χ2v) is 4.35. The summed E-state index contributed by atoms with van der Waals surface area (Å²) in [5.74, 6) is -1.74.